The highest BCUT2D eigenvalue weighted by atomic mass is 16.5. The van der Waals surface area contributed by atoms with Gasteiger partial charge in [0, 0.05) is 6.54 Å². The fourth-order valence-corrected chi connectivity index (χ4v) is 1.02. The molecule has 5 heteroatoms. The van der Waals surface area contributed by atoms with E-state index in [0.29, 0.717) is 11.3 Å². The van der Waals surface area contributed by atoms with E-state index >= 15 is 0 Å². The molecule has 0 aliphatic heterocycles. The lowest BCUT2D eigenvalue weighted by atomic mass is 10.2. The minimum absolute atomic E-state index is 0.00260. The predicted octanol–water partition coefficient (Wildman–Crippen LogP) is 1.17. The van der Waals surface area contributed by atoms with Crippen molar-refractivity contribution in [1.82, 2.24) is 5.32 Å². The summed E-state index contributed by atoms with van der Waals surface area (Å²) in [7, 11) is 1.45. The van der Waals surface area contributed by atoms with Crippen LogP contribution in [-0.2, 0) is 6.54 Å². The Balaban J connectivity index is 2.71. The largest absolute Gasteiger partial charge is 0.504 e. The Bertz CT molecular complexity index is 338. The average Bonchev–Trinajstić information content (AvgIpc) is 2.15. The molecule has 5 nitrogen and oxygen atoms in total. The Morgan fingerprint density at radius 3 is 2.79 bits per heavy atom. The monoisotopic (exact) mass is 197 g/mol. The van der Waals surface area contributed by atoms with Crippen molar-refractivity contribution >= 4 is 6.09 Å². The number of carboxylic acid groups (broad SMARTS) is 1. The molecule has 0 aromatic heterocycles. The molecule has 3 N–H and O–H groups in total. The van der Waals surface area contributed by atoms with Crippen LogP contribution in [0.5, 0.6) is 11.5 Å². The van der Waals surface area contributed by atoms with Crippen LogP contribution in [0.25, 0.3) is 0 Å². The molecule has 14 heavy (non-hydrogen) atoms. The van der Waals surface area contributed by atoms with Gasteiger partial charge in [-0.1, -0.05) is 6.07 Å². The summed E-state index contributed by atoms with van der Waals surface area (Å²) in [5.41, 5.74) is 0.672. The van der Waals surface area contributed by atoms with Crippen molar-refractivity contribution in [2.75, 3.05) is 7.11 Å². The number of rotatable bonds is 3. The number of nitrogens with one attached hydrogen (secondary N) is 1. The van der Waals surface area contributed by atoms with E-state index in [0.717, 1.165) is 0 Å². The molecular formula is C9H11NO4. The molecule has 0 aliphatic rings. The highest BCUT2D eigenvalue weighted by Gasteiger charge is 2.02. The summed E-state index contributed by atoms with van der Waals surface area (Å²) in [6.45, 7) is 0.160. The lowest BCUT2D eigenvalue weighted by Gasteiger charge is -2.05. The number of carbonyl (C=O) groups is 1. The van der Waals surface area contributed by atoms with Crippen LogP contribution in [0.1, 0.15) is 5.56 Å². The highest BCUT2D eigenvalue weighted by Crippen LogP contribution is 2.25. The van der Waals surface area contributed by atoms with Gasteiger partial charge in [-0.05, 0) is 17.7 Å². The molecule has 0 aliphatic carbocycles. The third-order valence-electron chi connectivity index (χ3n) is 1.69. The number of aromatic hydroxyl groups is 1. The summed E-state index contributed by atoms with van der Waals surface area (Å²) in [6, 6.07) is 4.71. The molecule has 0 atom stereocenters. The van der Waals surface area contributed by atoms with Crippen molar-refractivity contribution in [3.63, 3.8) is 0 Å². The molecule has 0 saturated heterocycles. The molecule has 0 radical (unpaired) electrons. The topological polar surface area (TPSA) is 78.8 Å². The second-order valence-corrected chi connectivity index (χ2v) is 2.66. The number of phenols is 1. The summed E-state index contributed by atoms with van der Waals surface area (Å²) in [5.74, 6) is 0.362. The molecule has 0 fully saturated rings. The quantitative estimate of drug-likeness (QED) is 0.679. The third kappa shape index (κ3) is 2.55. The minimum Gasteiger partial charge on any atom is -0.504 e. The summed E-state index contributed by atoms with van der Waals surface area (Å²) in [5, 5.41) is 19.9. The van der Waals surface area contributed by atoms with Crippen molar-refractivity contribution in [3.8, 4) is 11.5 Å². The number of hydrogen-bond donors (Lipinski definition) is 3. The van der Waals surface area contributed by atoms with E-state index in [-0.39, 0.29) is 12.3 Å². The SMILES string of the molecule is COc1ccc(CNC(=O)O)cc1O. The van der Waals surface area contributed by atoms with E-state index in [1.165, 1.54) is 13.2 Å². The van der Waals surface area contributed by atoms with Gasteiger partial charge in [-0.25, -0.2) is 4.79 Å². The Hall–Kier alpha value is -1.91. The van der Waals surface area contributed by atoms with E-state index < -0.39 is 6.09 Å². The van der Waals surface area contributed by atoms with Gasteiger partial charge >= 0.3 is 6.09 Å². The standard InChI is InChI=1S/C9H11NO4/c1-14-8-3-2-6(4-7(8)11)5-10-9(12)13/h2-4,10-11H,5H2,1H3,(H,12,13). The number of methoxy groups -OCH3 is 1. The molecule has 0 unspecified atom stereocenters. The fraction of sp³-hybridized carbons (Fsp3) is 0.222. The van der Waals surface area contributed by atoms with E-state index in [2.05, 4.69) is 5.32 Å². The number of ether oxygens (including phenoxy) is 1. The first-order chi connectivity index (χ1) is 6.63. The van der Waals surface area contributed by atoms with Gasteiger partial charge in [0.05, 0.1) is 7.11 Å². The van der Waals surface area contributed by atoms with Gasteiger partial charge < -0.3 is 20.3 Å². The molecule has 1 aromatic rings. The molecule has 1 amide bonds. The van der Waals surface area contributed by atoms with Crippen LogP contribution in [0.4, 0.5) is 4.79 Å². The zero-order chi connectivity index (χ0) is 10.6. The van der Waals surface area contributed by atoms with E-state index in [9.17, 15) is 9.90 Å². The molecule has 1 rings (SSSR count). The Morgan fingerprint density at radius 1 is 1.57 bits per heavy atom. The summed E-state index contributed by atoms with van der Waals surface area (Å²) < 4.78 is 4.84. The van der Waals surface area contributed by atoms with Crippen molar-refractivity contribution in [3.05, 3.63) is 23.8 Å². The van der Waals surface area contributed by atoms with Crippen LogP contribution >= 0.6 is 0 Å². The molecular weight excluding hydrogens is 186 g/mol. The van der Waals surface area contributed by atoms with Crippen LogP contribution in [0.3, 0.4) is 0 Å². The predicted molar refractivity (Wildman–Crippen MR) is 49.5 cm³/mol. The molecule has 0 bridgehead atoms. The molecule has 76 valence electrons. The summed E-state index contributed by atoms with van der Waals surface area (Å²) in [4.78, 5) is 10.2. The van der Waals surface area contributed by atoms with Gasteiger partial charge in [-0.15, -0.1) is 0 Å². The maximum Gasteiger partial charge on any atom is 0.404 e. The Kier molecular flexibility index (Phi) is 3.17. The second kappa shape index (κ2) is 4.36. The van der Waals surface area contributed by atoms with Crippen LogP contribution in [0, 0.1) is 0 Å². The van der Waals surface area contributed by atoms with Gasteiger partial charge in [0.15, 0.2) is 11.5 Å². The molecule has 0 spiro atoms. The second-order valence-electron chi connectivity index (χ2n) is 2.66. The third-order valence-corrected chi connectivity index (χ3v) is 1.69. The molecule has 1 aromatic carbocycles. The van der Waals surface area contributed by atoms with E-state index in [1.54, 1.807) is 12.1 Å². The van der Waals surface area contributed by atoms with Crippen molar-refractivity contribution in [2.45, 2.75) is 6.54 Å². The fourth-order valence-electron chi connectivity index (χ4n) is 1.02. The minimum atomic E-state index is -1.10. The lowest BCUT2D eigenvalue weighted by Crippen LogP contribution is -2.19. The van der Waals surface area contributed by atoms with E-state index in [4.69, 9.17) is 9.84 Å². The average molecular weight is 197 g/mol. The first-order valence-electron chi connectivity index (χ1n) is 3.96. The number of amides is 1. The molecule has 0 heterocycles. The van der Waals surface area contributed by atoms with Gasteiger partial charge in [-0.3, -0.25) is 0 Å². The maximum atomic E-state index is 10.2. The molecule has 0 saturated carbocycles. The smallest absolute Gasteiger partial charge is 0.404 e. The first-order valence-corrected chi connectivity index (χ1v) is 3.96. The van der Waals surface area contributed by atoms with Crippen LogP contribution in [0.15, 0.2) is 18.2 Å². The van der Waals surface area contributed by atoms with Gasteiger partial charge in [0.2, 0.25) is 0 Å². The van der Waals surface area contributed by atoms with Crippen LogP contribution in [0.2, 0.25) is 0 Å². The van der Waals surface area contributed by atoms with Crippen LogP contribution in [-0.4, -0.2) is 23.4 Å². The van der Waals surface area contributed by atoms with Crippen LogP contribution < -0.4 is 10.1 Å². The summed E-state index contributed by atoms with van der Waals surface area (Å²) >= 11 is 0. The number of benzene rings is 1. The van der Waals surface area contributed by atoms with Gasteiger partial charge in [0.1, 0.15) is 0 Å². The van der Waals surface area contributed by atoms with Crippen molar-refractivity contribution in [2.24, 2.45) is 0 Å². The summed E-state index contributed by atoms with van der Waals surface area (Å²) in [6.07, 6.45) is -1.10. The van der Waals surface area contributed by atoms with Crippen molar-refractivity contribution < 1.29 is 19.7 Å². The Labute approximate surface area is 80.9 Å². The van der Waals surface area contributed by atoms with E-state index in [1.807, 2.05) is 0 Å². The highest BCUT2D eigenvalue weighted by molar-refractivity contribution is 5.64. The maximum absolute atomic E-state index is 10.2. The van der Waals surface area contributed by atoms with Gasteiger partial charge in [-0.2, -0.15) is 0 Å². The number of hydrogen-bond acceptors (Lipinski definition) is 3. The number of phenolic OH excluding ortho intramolecular Hbond substituents is 1. The first kappa shape index (κ1) is 10.2. The Morgan fingerprint density at radius 2 is 2.29 bits per heavy atom. The van der Waals surface area contributed by atoms with Crippen molar-refractivity contribution in [1.29, 1.82) is 0 Å². The zero-order valence-electron chi connectivity index (χ0n) is 7.65. The lowest BCUT2D eigenvalue weighted by molar-refractivity contribution is 0.194. The zero-order valence-corrected chi connectivity index (χ0v) is 7.65. The normalized spacial score (nSPS) is 9.50. The van der Waals surface area contributed by atoms with Gasteiger partial charge in [0.25, 0.3) is 0 Å².